The molecule has 0 amide bonds. The molecule has 2 aromatic rings. The Hall–Kier alpha value is -2.97. The van der Waals surface area contributed by atoms with Gasteiger partial charge in [0.1, 0.15) is 11.2 Å². The molecule has 8 atom stereocenters. The van der Waals surface area contributed by atoms with Crippen molar-refractivity contribution in [3.63, 3.8) is 0 Å². The highest BCUT2D eigenvalue weighted by atomic mass is 31.2. The summed E-state index contributed by atoms with van der Waals surface area (Å²) in [5, 5.41) is 24.2. The molecule has 1 unspecified atom stereocenters. The van der Waals surface area contributed by atoms with E-state index in [1.165, 1.54) is 57.8 Å². The molecule has 10 N–H and O–H groups in total. The largest absolute Gasteiger partial charge is 0.503 e. The van der Waals surface area contributed by atoms with Crippen molar-refractivity contribution in [2.75, 3.05) is 0 Å². The van der Waals surface area contributed by atoms with Gasteiger partial charge in [0.05, 0.1) is 6.10 Å². The van der Waals surface area contributed by atoms with Crippen LogP contribution in [0.4, 0.5) is 4.79 Å². The summed E-state index contributed by atoms with van der Waals surface area (Å²) in [5.41, 5.74) is 0.951. The lowest BCUT2D eigenvalue weighted by molar-refractivity contribution is -0.0573. The topological polar surface area (TPSA) is 270 Å². The molecule has 0 bridgehead atoms. The van der Waals surface area contributed by atoms with Gasteiger partial charge in [-0.25, -0.2) is 18.9 Å². The van der Waals surface area contributed by atoms with Crippen LogP contribution in [-0.4, -0.2) is 62.2 Å². The summed E-state index contributed by atoms with van der Waals surface area (Å²) in [6.07, 6.45) is 15.3. The number of nitrogens with one attached hydrogen (secondary N) is 4. The maximum atomic E-state index is 10.9. The summed E-state index contributed by atoms with van der Waals surface area (Å²) in [5.74, 6) is 5.46. The number of imidazole rings is 1. The van der Waals surface area contributed by atoms with Crippen molar-refractivity contribution in [1.29, 1.82) is 0 Å². The number of carbonyl (C=O) groups is 1. The molecule has 3 fully saturated rings. The minimum absolute atomic E-state index is 0.0413. The highest BCUT2D eigenvalue weighted by Crippen LogP contribution is 2.67. The van der Waals surface area contributed by atoms with Gasteiger partial charge in [-0.3, -0.25) is 24.7 Å². The fourth-order valence-electron chi connectivity index (χ4n) is 9.62. The summed E-state index contributed by atoms with van der Waals surface area (Å²) in [6, 6.07) is 0. The van der Waals surface area contributed by atoms with Crippen molar-refractivity contribution in [2.24, 2.45) is 46.3 Å². The molecule has 0 radical (unpaired) electrons. The second kappa shape index (κ2) is 16.4. The summed E-state index contributed by atoms with van der Waals surface area (Å²) in [6.45, 7) is 12.6. The van der Waals surface area contributed by atoms with Crippen LogP contribution in [0.25, 0.3) is 11.2 Å². The van der Waals surface area contributed by atoms with Crippen LogP contribution < -0.4 is 16.9 Å². The minimum atomic E-state index is -4.64. The van der Waals surface area contributed by atoms with Crippen molar-refractivity contribution in [1.82, 2.24) is 19.9 Å². The average molecular weight is 715 g/mol. The molecule has 0 saturated heterocycles. The molecule has 0 spiro atoms. The Morgan fingerprint density at radius 3 is 2.08 bits per heavy atom. The minimum Gasteiger partial charge on any atom is -0.450 e. The Labute approximate surface area is 284 Å². The number of aliphatic hydroxyl groups excluding tert-OH is 1. The number of allylic oxidation sites excluding steroid dienone is 1. The van der Waals surface area contributed by atoms with E-state index < -0.39 is 30.9 Å². The predicted molar refractivity (Wildman–Crippen MR) is 184 cm³/mol. The number of hydrogen-bond donors (Lipinski definition) is 10. The number of fused-ring (bicyclic) bond motifs is 6. The van der Waals surface area contributed by atoms with Crippen LogP contribution in [-0.2, 0) is 4.57 Å². The van der Waals surface area contributed by atoms with Crippen LogP contribution in [0, 0.1) is 46.3 Å². The fourth-order valence-corrected chi connectivity index (χ4v) is 9.62. The van der Waals surface area contributed by atoms with E-state index in [-0.39, 0.29) is 17.3 Å². The number of carboxylic acid groups (broad SMARTS) is 2. The van der Waals surface area contributed by atoms with E-state index >= 15 is 0 Å². The van der Waals surface area contributed by atoms with Crippen LogP contribution in [0.3, 0.4) is 0 Å². The monoisotopic (exact) mass is 714 g/mol. The molecule has 2 heterocycles. The van der Waals surface area contributed by atoms with Gasteiger partial charge in [0.25, 0.3) is 5.56 Å². The van der Waals surface area contributed by atoms with Crippen molar-refractivity contribution >= 4 is 25.1 Å². The van der Waals surface area contributed by atoms with E-state index in [0.717, 1.165) is 48.3 Å². The number of hydrogen-bond acceptors (Lipinski definition) is 6. The van der Waals surface area contributed by atoms with Gasteiger partial charge < -0.3 is 30.0 Å². The molecular weight excluding hydrogens is 659 g/mol. The first-order valence-electron chi connectivity index (χ1n) is 17.2. The van der Waals surface area contributed by atoms with Crippen molar-refractivity contribution < 1.29 is 39.4 Å². The Morgan fingerprint density at radius 2 is 1.49 bits per heavy atom. The van der Waals surface area contributed by atoms with Crippen molar-refractivity contribution in [3.05, 3.63) is 43.0 Å². The van der Waals surface area contributed by atoms with E-state index in [9.17, 15) is 19.5 Å². The van der Waals surface area contributed by atoms with E-state index in [1.807, 2.05) is 4.98 Å². The summed E-state index contributed by atoms with van der Waals surface area (Å²) in [7, 11) is -4.64. The number of H-pyrrole nitrogens is 4. The SMILES string of the molecule is CC(C)CCCC(C)[C@H]1CC[C@H]2[C@@H]3CC=C4C[C@@H](O)CC[C@]4(C)[C@H]3CC[C@]12C.O=C(O)O.O=P(O)(O)O.O=c1[nH]c(=O)c2[nH]c(=O)[nH]c2[nH]1. The van der Waals surface area contributed by atoms with Gasteiger partial charge in [-0.15, -0.1) is 0 Å². The number of rotatable bonds is 5. The lowest BCUT2D eigenvalue weighted by Crippen LogP contribution is -2.50. The van der Waals surface area contributed by atoms with Gasteiger partial charge in [0, 0.05) is 0 Å². The van der Waals surface area contributed by atoms with Crippen LogP contribution in [0.1, 0.15) is 105 Å². The summed E-state index contributed by atoms with van der Waals surface area (Å²) in [4.78, 5) is 71.1. The highest BCUT2D eigenvalue weighted by Gasteiger charge is 2.59. The molecular formula is C33H55N4O11P. The Morgan fingerprint density at radius 1 is 0.898 bits per heavy atom. The highest BCUT2D eigenvalue weighted by molar-refractivity contribution is 7.45. The fraction of sp³-hybridized carbons (Fsp3) is 0.758. The molecule has 15 nitrogen and oxygen atoms in total. The number of aromatic amines is 4. The maximum absolute atomic E-state index is 10.9. The Kier molecular flexibility index (Phi) is 13.5. The molecule has 2 aromatic heterocycles. The average Bonchev–Trinajstić information content (AvgIpc) is 3.51. The second-order valence-electron chi connectivity index (χ2n) is 15.2. The molecule has 4 aliphatic rings. The van der Waals surface area contributed by atoms with Crippen LogP contribution >= 0.6 is 7.82 Å². The number of aliphatic hydroxyl groups is 1. The summed E-state index contributed by atoms with van der Waals surface area (Å²) < 4.78 is 8.88. The summed E-state index contributed by atoms with van der Waals surface area (Å²) >= 11 is 0. The molecule has 6 rings (SSSR count). The quantitative estimate of drug-likeness (QED) is 0.147. The number of phosphoric acid groups is 1. The first-order valence-corrected chi connectivity index (χ1v) is 18.7. The number of aromatic nitrogens is 4. The van der Waals surface area contributed by atoms with Gasteiger partial charge in [-0.1, -0.05) is 65.5 Å². The van der Waals surface area contributed by atoms with Gasteiger partial charge >= 0.3 is 25.4 Å². The standard InChI is InChI=1S/C27H46O.C5H4N4O3.CH2O3.H3O4P/c1-18(2)7-6-8-19(3)23-11-12-24-22-10-9-20-17-21(28)13-15-26(20,4)25(22)14-16-27(23,24)5;10-3-1-2(7-4(11)6-1)8-5(12)9-3;2-1(3)4;1-5(2,3)4/h9,18-19,21-25,28H,6-8,10-17H2,1-5H3;(H4,6,7,8,9,10,11,12);(H2,2,3,4);(H3,1,2,3,4)/t19?,21-,22-,23+,24-,25-,26-,27+;;;/m0.../s1. The normalized spacial score (nSPS) is 30.9. The van der Waals surface area contributed by atoms with E-state index in [1.54, 1.807) is 5.57 Å². The van der Waals surface area contributed by atoms with Gasteiger partial charge in [-0.05, 0) is 97.7 Å². The van der Waals surface area contributed by atoms with Gasteiger partial charge in [-0.2, -0.15) is 0 Å². The smallest absolute Gasteiger partial charge is 0.450 e. The molecule has 49 heavy (non-hydrogen) atoms. The van der Waals surface area contributed by atoms with E-state index in [4.69, 9.17) is 34.3 Å². The third-order valence-corrected chi connectivity index (χ3v) is 11.7. The third kappa shape index (κ3) is 10.5. The first-order chi connectivity index (χ1) is 22.7. The lowest BCUT2D eigenvalue weighted by Gasteiger charge is -2.58. The van der Waals surface area contributed by atoms with Gasteiger partial charge in [0.15, 0.2) is 0 Å². The first kappa shape index (κ1) is 40.5. The zero-order valence-corrected chi connectivity index (χ0v) is 30.0. The molecule has 4 aliphatic carbocycles. The van der Waals surface area contributed by atoms with Crippen LogP contribution in [0.5, 0.6) is 0 Å². The predicted octanol–water partition coefficient (Wildman–Crippen LogP) is 4.92. The van der Waals surface area contributed by atoms with Crippen LogP contribution in [0.15, 0.2) is 26.0 Å². The zero-order chi connectivity index (χ0) is 36.9. The lowest BCUT2D eigenvalue weighted by atomic mass is 9.47. The Bertz CT molecular complexity index is 1660. The zero-order valence-electron chi connectivity index (χ0n) is 29.1. The van der Waals surface area contributed by atoms with Crippen LogP contribution in [0.2, 0.25) is 0 Å². The van der Waals surface area contributed by atoms with Crippen molar-refractivity contribution in [3.8, 4) is 0 Å². The Balaban J connectivity index is 0.000000253. The molecule has 0 aromatic carbocycles. The maximum Gasteiger partial charge on any atom is 0.503 e. The molecule has 3 saturated carbocycles. The molecule has 278 valence electrons. The van der Waals surface area contributed by atoms with Gasteiger partial charge in [0.2, 0.25) is 0 Å². The third-order valence-electron chi connectivity index (χ3n) is 11.7. The molecule has 16 heteroatoms. The van der Waals surface area contributed by atoms with E-state index in [2.05, 4.69) is 55.6 Å². The van der Waals surface area contributed by atoms with Crippen molar-refractivity contribution in [2.45, 2.75) is 111 Å². The van der Waals surface area contributed by atoms with E-state index in [0.29, 0.717) is 10.8 Å². The molecule has 0 aliphatic heterocycles. The second-order valence-corrected chi connectivity index (χ2v) is 16.2.